The van der Waals surface area contributed by atoms with Gasteiger partial charge in [0.1, 0.15) is 0 Å². The summed E-state index contributed by atoms with van der Waals surface area (Å²) in [6, 6.07) is 12.8. The molecule has 3 rings (SSSR count). The van der Waals surface area contributed by atoms with Gasteiger partial charge in [0, 0.05) is 18.2 Å². The van der Waals surface area contributed by atoms with Crippen molar-refractivity contribution in [1.29, 1.82) is 0 Å². The molecule has 29 heavy (non-hydrogen) atoms. The third-order valence-electron chi connectivity index (χ3n) is 4.63. The largest absolute Gasteiger partial charge is 0.493 e. The number of nitrogens with zero attached hydrogens (tertiary/aromatic N) is 1. The number of rotatable bonds is 6. The zero-order valence-corrected chi connectivity index (χ0v) is 16.7. The number of carbonyl (C=O) groups is 2. The number of amides is 2. The monoisotopic (exact) mass is 393 g/mol. The molecule has 2 aromatic carbocycles. The van der Waals surface area contributed by atoms with Gasteiger partial charge in [-0.1, -0.05) is 36.4 Å². The Balaban J connectivity index is 1.81. The van der Waals surface area contributed by atoms with Crippen LogP contribution in [0.25, 0.3) is 11.6 Å². The summed E-state index contributed by atoms with van der Waals surface area (Å²) < 4.78 is 16.0. The van der Waals surface area contributed by atoms with Crippen LogP contribution in [0.4, 0.5) is 0 Å². The van der Waals surface area contributed by atoms with Gasteiger partial charge in [0.25, 0.3) is 11.8 Å². The number of benzene rings is 2. The van der Waals surface area contributed by atoms with Crippen molar-refractivity contribution < 1.29 is 23.8 Å². The molecule has 1 aliphatic heterocycles. The Morgan fingerprint density at radius 2 is 1.66 bits per heavy atom. The first-order chi connectivity index (χ1) is 14.1. The fourth-order valence-electron chi connectivity index (χ4n) is 3.20. The molecule has 6 nitrogen and oxygen atoms in total. The molecular formula is C23H23NO5. The molecule has 1 heterocycles. The molecule has 0 unspecified atom stereocenters. The molecule has 0 atom stereocenters. The van der Waals surface area contributed by atoms with E-state index >= 15 is 0 Å². The average molecular weight is 393 g/mol. The molecule has 0 aliphatic carbocycles. The first kappa shape index (κ1) is 20.2. The topological polar surface area (TPSA) is 65.1 Å². The lowest BCUT2D eigenvalue weighted by molar-refractivity contribution is -0.138. The van der Waals surface area contributed by atoms with Crippen molar-refractivity contribution in [2.45, 2.75) is 6.42 Å². The standard InChI is InChI=1S/C23H23NO5/c1-27-19-14-16(15-20(28-2)22(19)29-3)11-12-21(25)24-13-7-10-18(23(24)26)17-8-5-4-6-9-17/h4-6,8-12,14-15H,7,13H2,1-3H3. The van der Waals surface area contributed by atoms with Gasteiger partial charge in [-0.25, -0.2) is 0 Å². The molecule has 0 N–H and O–H groups in total. The molecule has 0 aromatic heterocycles. The second-order valence-electron chi connectivity index (χ2n) is 6.36. The minimum absolute atomic E-state index is 0.290. The number of hydrogen-bond acceptors (Lipinski definition) is 5. The van der Waals surface area contributed by atoms with Crippen LogP contribution in [0.5, 0.6) is 17.2 Å². The SMILES string of the molecule is COc1cc(C=CC(=O)N2CCC=C(c3ccccc3)C2=O)cc(OC)c1OC. The summed E-state index contributed by atoms with van der Waals surface area (Å²) in [7, 11) is 4.58. The molecule has 0 radical (unpaired) electrons. The van der Waals surface area contributed by atoms with Gasteiger partial charge in [-0.3, -0.25) is 14.5 Å². The van der Waals surface area contributed by atoms with Gasteiger partial charge in [0.05, 0.1) is 21.3 Å². The van der Waals surface area contributed by atoms with Crippen molar-refractivity contribution in [3.8, 4) is 17.2 Å². The highest BCUT2D eigenvalue weighted by atomic mass is 16.5. The van der Waals surface area contributed by atoms with E-state index in [4.69, 9.17) is 14.2 Å². The van der Waals surface area contributed by atoms with Crippen LogP contribution in [0.3, 0.4) is 0 Å². The predicted molar refractivity (Wildman–Crippen MR) is 111 cm³/mol. The summed E-state index contributed by atoms with van der Waals surface area (Å²) >= 11 is 0. The average Bonchev–Trinajstić information content (AvgIpc) is 2.77. The molecule has 0 fully saturated rings. The van der Waals surface area contributed by atoms with Crippen LogP contribution in [0.1, 0.15) is 17.5 Å². The number of ether oxygens (including phenoxy) is 3. The summed E-state index contributed by atoms with van der Waals surface area (Å²) in [5.41, 5.74) is 2.05. The van der Waals surface area contributed by atoms with Gasteiger partial charge < -0.3 is 14.2 Å². The van der Waals surface area contributed by atoms with Crippen molar-refractivity contribution >= 4 is 23.5 Å². The summed E-state index contributed by atoms with van der Waals surface area (Å²) in [5, 5.41) is 0. The highest BCUT2D eigenvalue weighted by Gasteiger charge is 2.26. The van der Waals surface area contributed by atoms with Gasteiger partial charge in [-0.05, 0) is 35.8 Å². The van der Waals surface area contributed by atoms with E-state index in [0.717, 1.165) is 5.56 Å². The first-order valence-corrected chi connectivity index (χ1v) is 9.18. The van der Waals surface area contributed by atoms with E-state index in [2.05, 4.69) is 0 Å². The second-order valence-corrected chi connectivity index (χ2v) is 6.36. The smallest absolute Gasteiger partial charge is 0.261 e. The lowest BCUT2D eigenvalue weighted by Crippen LogP contribution is -2.39. The molecule has 2 aromatic rings. The van der Waals surface area contributed by atoms with E-state index in [1.165, 1.54) is 32.3 Å². The normalized spacial score (nSPS) is 14.0. The second kappa shape index (κ2) is 9.10. The van der Waals surface area contributed by atoms with Crippen LogP contribution in [-0.2, 0) is 9.59 Å². The molecule has 0 saturated carbocycles. The third-order valence-corrected chi connectivity index (χ3v) is 4.63. The van der Waals surface area contributed by atoms with Crippen LogP contribution in [-0.4, -0.2) is 44.6 Å². The Labute approximate surface area is 170 Å². The van der Waals surface area contributed by atoms with Crippen molar-refractivity contribution in [2.24, 2.45) is 0 Å². The molecule has 0 spiro atoms. The summed E-state index contributed by atoms with van der Waals surface area (Å²) in [5.74, 6) is 0.791. The van der Waals surface area contributed by atoms with E-state index in [1.54, 1.807) is 18.2 Å². The van der Waals surface area contributed by atoms with Crippen molar-refractivity contribution in [3.05, 3.63) is 65.7 Å². The van der Waals surface area contributed by atoms with Gasteiger partial charge in [-0.2, -0.15) is 0 Å². The molecule has 150 valence electrons. The van der Waals surface area contributed by atoms with Crippen molar-refractivity contribution in [1.82, 2.24) is 4.90 Å². The maximum Gasteiger partial charge on any atom is 0.261 e. The molecular weight excluding hydrogens is 370 g/mol. The zero-order valence-electron chi connectivity index (χ0n) is 16.7. The Hall–Kier alpha value is -3.54. The van der Waals surface area contributed by atoms with E-state index in [1.807, 2.05) is 36.4 Å². The Morgan fingerprint density at radius 1 is 1.00 bits per heavy atom. The van der Waals surface area contributed by atoms with E-state index in [9.17, 15) is 9.59 Å². The highest BCUT2D eigenvalue weighted by Crippen LogP contribution is 2.38. The molecule has 0 saturated heterocycles. The number of imide groups is 1. The number of hydrogen-bond donors (Lipinski definition) is 0. The quantitative estimate of drug-likeness (QED) is 0.702. The number of methoxy groups -OCH3 is 3. The molecule has 2 amide bonds. The Bertz CT molecular complexity index is 937. The maximum absolute atomic E-state index is 12.8. The summed E-state index contributed by atoms with van der Waals surface area (Å²) in [4.78, 5) is 26.8. The highest BCUT2D eigenvalue weighted by molar-refractivity contribution is 6.25. The summed E-state index contributed by atoms with van der Waals surface area (Å²) in [6.07, 6.45) is 5.51. The van der Waals surface area contributed by atoms with Gasteiger partial charge in [-0.15, -0.1) is 0 Å². The minimum atomic E-state index is -0.370. The molecule has 6 heteroatoms. The fourth-order valence-corrected chi connectivity index (χ4v) is 3.20. The first-order valence-electron chi connectivity index (χ1n) is 9.18. The van der Waals surface area contributed by atoms with Gasteiger partial charge in [0.15, 0.2) is 11.5 Å². The van der Waals surface area contributed by atoms with Crippen LogP contribution in [0.15, 0.2) is 54.6 Å². The minimum Gasteiger partial charge on any atom is -0.493 e. The number of carbonyl (C=O) groups excluding carboxylic acids is 2. The van der Waals surface area contributed by atoms with Crippen molar-refractivity contribution in [2.75, 3.05) is 27.9 Å². The van der Waals surface area contributed by atoms with E-state index in [-0.39, 0.29) is 11.8 Å². The van der Waals surface area contributed by atoms with Crippen LogP contribution < -0.4 is 14.2 Å². The lowest BCUT2D eigenvalue weighted by Gasteiger charge is -2.24. The lowest BCUT2D eigenvalue weighted by atomic mass is 10.0. The summed E-state index contributed by atoms with van der Waals surface area (Å²) in [6.45, 7) is 0.355. The van der Waals surface area contributed by atoms with Gasteiger partial charge >= 0.3 is 0 Å². The Kier molecular flexibility index (Phi) is 6.34. The van der Waals surface area contributed by atoms with Crippen molar-refractivity contribution in [3.63, 3.8) is 0 Å². The maximum atomic E-state index is 12.8. The molecule has 1 aliphatic rings. The van der Waals surface area contributed by atoms with Crippen LogP contribution in [0.2, 0.25) is 0 Å². The third kappa shape index (κ3) is 4.32. The van der Waals surface area contributed by atoms with Crippen LogP contribution >= 0.6 is 0 Å². The Morgan fingerprint density at radius 3 is 2.24 bits per heavy atom. The van der Waals surface area contributed by atoms with Gasteiger partial charge in [0.2, 0.25) is 5.75 Å². The predicted octanol–water partition coefficient (Wildman–Crippen LogP) is 3.57. The van der Waals surface area contributed by atoms with E-state index < -0.39 is 0 Å². The van der Waals surface area contributed by atoms with Crippen LogP contribution in [0, 0.1) is 0 Å². The fraction of sp³-hybridized carbons (Fsp3) is 0.217. The van der Waals surface area contributed by atoms with E-state index in [0.29, 0.717) is 41.4 Å². The zero-order chi connectivity index (χ0) is 20.8. The molecule has 0 bridgehead atoms.